The second-order valence-electron chi connectivity index (χ2n) is 2.13. The summed E-state index contributed by atoms with van der Waals surface area (Å²) < 4.78 is 0. The van der Waals surface area contributed by atoms with Crippen LogP contribution in [0.5, 0.6) is 0 Å². The fourth-order valence-electron chi connectivity index (χ4n) is 0.713. The smallest absolute Gasteiger partial charge is 0.178 e. The van der Waals surface area contributed by atoms with Gasteiger partial charge in [0.15, 0.2) is 5.78 Å². The zero-order valence-corrected chi connectivity index (χ0v) is 6.16. The van der Waals surface area contributed by atoms with Crippen molar-refractivity contribution in [2.75, 3.05) is 0 Å². The van der Waals surface area contributed by atoms with Gasteiger partial charge in [0.1, 0.15) is 5.69 Å². The van der Waals surface area contributed by atoms with Crippen LogP contribution >= 0.6 is 0 Å². The summed E-state index contributed by atoms with van der Waals surface area (Å²) in [7, 11) is 0. The molecule has 0 spiro atoms. The molecule has 0 amide bonds. The summed E-state index contributed by atoms with van der Waals surface area (Å²) in [5.41, 5.74) is 1.10. The molecule has 2 nitrogen and oxygen atoms in total. The standard InChI is InChI=1S/C9H7NO/c1-3-8-4-5-10-9(6-8)7(2)11/h1,4-6H,2H3. The van der Waals surface area contributed by atoms with E-state index in [1.807, 2.05) is 0 Å². The molecule has 0 radical (unpaired) electrons. The zero-order chi connectivity index (χ0) is 8.27. The van der Waals surface area contributed by atoms with Crippen molar-refractivity contribution in [1.82, 2.24) is 4.98 Å². The second-order valence-corrected chi connectivity index (χ2v) is 2.13. The molecule has 1 rings (SSSR count). The molecule has 0 aliphatic carbocycles. The molecule has 0 fully saturated rings. The molecule has 0 N–H and O–H groups in total. The molecule has 2 heteroatoms. The molecule has 1 aromatic heterocycles. The normalized spacial score (nSPS) is 8.73. The van der Waals surface area contributed by atoms with Crippen molar-refractivity contribution in [1.29, 1.82) is 0 Å². The number of nitrogens with zero attached hydrogens (tertiary/aromatic N) is 1. The van der Waals surface area contributed by atoms with Gasteiger partial charge in [0.2, 0.25) is 0 Å². The van der Waals surface area contributed by atoms with Crippen LogP contribution in [0.15, 0.2) is 18.3 Å². The predicted molar refractivity (Wildman–Crippen MR) is 42.2 cm³/mol. The van der Waals surface area contributed by atoms with Gasteiger partial charge in [-0.25, -0.2) is 0 Å². The van der Waals surface area contributed by atoms with Crippen molar-refractivity contribution >= 4 is 5.78 Å². The van der Waals surface area contributed by atoms with Gasteiger partial charge in [0, 0.05) is 18.7 Å². The van der Waals surface area contributed by atoms with Crippen molar-refractivity contribution < 1.29 is 4.79 Å². The van der Waals surface area contributed by atoms with Crippen LogP contribution in [0.25, 0.3) is 0 Å². The van der Waals surface area contributed by atoms with E-state index in [1.165, 1.54) is 13.1 Å². The van der Waals surface area contributed by atoms with Gasteiger partial charge in [-0.1, -0.05) is 5.92 Å². The fraction of sp³-hybridized carbons (Fsp3) is 0.111. The van der Waals surface area contributed by atoms with Crippen LogP contribution in [0.3, 0.4) is 0 Å². The van der Waals surface area contributed by atoms with E-state index in [2.05, 4.69) is 10.9 Å². The number of Topliss-reactive ketones (excluding diaryl/α,β-unsaturated/α-hetero) is 1. The fourth-order valence-corrected chi connectivity index (χ4v) is 0.713. The number of carbonyl (C=O) groups is 1. The first kappa shape index (κ1) is 7.49. The van der Waals surface area contributed by atoms with Crippen molar-refractivity contribution in [3.05, 3.63) is 29.6 Å². The lowest BCUT2D eigenvalue weighted by molar-refractivity contribution is 0.101. The number of ketones is 1. The summed E-state index contributed by atoms with van der Waals surface area (Å²) in [6, 6.07) is 3.29. The molecule has 0 unspecified atom stereocenters. The van der Waals surface area contributed by atoms with Crippen LogP contribution in [0.4, 0.5) is 0 Å². The number of hydrogen-bond donors (Lipinski definition) is 0. The van der Waals surface area contributed by atoms with Gasteiger partial charge in [-0.3, -0.25) is 9.78 Å². The molecule has 0 atom stereocenters. The summed E-state index contributed by atoms with van der Waals surface area (Å²) in [4.78, 5) is 14.6. The average molecular weight is 145 g/mol. The Kier molecular flexibility index (Phi) is 2.03. The van der Waals surface area contributed by atoms with E-state index in [9.17, 15) is 4.79 Å². The summed E-state index contributed by atoms with van der Waals surface area (Å²) in [6.45, 7) is 1.46. The molecule has 0 aliphatic rings. The maximum atomic E-state index is 10.8. The molecule has 1 aromatic rings. The van der Waals surface area contributed by atoms with Gasteiger partial charge in [-0.05, 0) is 12.1 Å². The summed E-state index contributed by atoms with van der Waals surface area (Å²) in [6.07, 6.45) is 6.66. The molecular formula is C9H7NO. The topological polar surface area (TPSA) is 30.0 Å². The van der Waals surface area contributed by atoms with Crippen LogP contribution < -0.4 is 0 Å². The quantitative estimate of drug-likeness (QED) is 0.440. The predicted octanol–water partition coefficient (Wildman–Crippen LogP) is 1.27. The lowest BCUT2D eigenvalue weighted by Crippen LogP contribution is -1.95. The number of aromatic nitrogens is 1. The third kappa shape index (κ3) is 1.65. The Labute approximate surface area is 65.3 Å². The van der Waals surface area contributed by atoms with E-state index >= 15 is 0 Å². The number of terminal acetylenes is 1. The Morgan fingerprint density at radius 1 is 1.73 bits per heavy atom. The minimum atomic E-state index is -0.0675. The van der Waals surface area contributed by atoms with Crippen molar-refractivity contribution in [3.8, 4) is 12.3 Å². The van der Waals surface area contributed by atoms with E-state index in [0.717, 1.165) is 0 Å². The van der Waals surface area contributed by atoms with Gasteiger partial charge >= 0.3 is 0 Å². The van der Waals surface area contributed by atoms with Crippen molar-refractivity contribution in [2.24, 2.45) is 0 Å². The van der Waals surface area contributed by atoms with E-state index in [0.29, 0.717) is 11.3 Å². The number of hydrogen-bond acceptors (Lipinski definition) is 2. The van der Waals surface area contributed by atoms with Gasteiger partial charge in [0.05, 0.1) is 0 Å². The monoisotopic (exact) mass is 145 g/mol. The van der Waals surface area contributed by atoms with Crippen LogP contribution in [0.1, 0.15) is 23.0 Å². The molecule has 0 saturated carbocycles. The van der Waals surface area contributed by atoms with Crippen molar-refractivity contribution in [2.45, 2.75) is 6.92 Å². The lowest BCUT2D eigenvalue weighted by atomic mass is 10.2. The average Bonchev–Trinajstić information content (AvgIpc) is 2.05. The summed E-state index contributed by atoms with van der Waals surface area (Å²) >= 11 is 0. The molecular weight excluding hydrogens is 138 g/mol. The SMILES string of the molecule is C#Cc1ccnc(C(C)=O)c1. The number of carbonyl (C=O) groups excluding carboxylic acids is 1. The first-order valence-corrected chi connectivity index (χ1v) is 3.17. The van der Waals surface area contributed by atoms with Crippen LogP contribution in [-0.4, -0.2) is 10.8 Å². The number of pyridine rings is 1. The van der Waals surface area contributed by atoms with Crippen molar-refractivity contribution in [3.63, 3.8) is 0 Å². The first-order chi connectivity index (χ1) is 5.24. The Morgan fingerprint density at radius 3 is 3.00 bits per heavy atom. The van der Waals surface area contributed by atoms with Gasteiger partial charge in [0.25, 0.3) is 0 Å². The highest BCUT2D eigenvalue weighted by Gasteiger charge is 1.99. The Balaban J connectivity index is 3.13. The van der Waals surface area contributed by atoms with Crippen LogP contribution in [0, 0.1) is 12.3 Å². The van der Waals surface area contributed by atoms with Gasteiger partial charge < -0.3 is 0 Å². The lowest BCUT2D eigenvalue weighted by Gasteiger charge is -1.93. The van der Waals surface area contributed by atoms with E-state index in [1.54, 1.807) is 12.1 Å². The first-order valence-electron chi connectivity index (χ1n) is 3.17. The molecule has 11 heavy (non-hydrogen) atoms. The minimum absolute atomic E-state index is 0.0675. The van der Waals surface area contributed by atoms with Crippen LogP contribution in [-0.2, 0) is 0 Å². The third-order valence-corrected chi connectivity index (χ3v) is 1.29. The van der Waals surface area contributed by atoms with Crippen LogP contribution in [0.2, 0.25) is 0 Å². The molecule has 0 aliphatic heterocycles. The minimum Gasteiger partial charge on any atom is -0.293 e. The Morgan fingerprint density at radius 2 is 2.45 bits per heavy atom. The highest BCUT2D eigenvalue weighted by molar-refractivity contribution is 5.92. The third-order valence-electron chi connectivity index (χ3n) is 1.29. The van der Waals surface area contributed by atoms with E-state index in [4.69, 9.17) is 6.42 Å². The molecule has 54 valence electrons. The Bertz CT molecular complexity index is 323. The van der Waals surface area contributed by atoms with E-state index < -0.39 is 0 Å². The second kappa shape index (κ2) is 2.98. The van der Waals surface area contributed by atoms with Gasteiger partial charge in [-0.15, -0.1) is 6.42 Å². The maximum absolute atomic E-state index is 10.8. The summed E-state index contributed by atoms with van der Waals surface area (Å²) in [5.74, 6) is 2.36. The van der Waals surface area contributed by atoms with Gasteiger partial charge in [-0.2, -0.15) is 0 Å². The van der Waals surface area contributed by atoms with E-state index in [-0.39, 0.29) is 5.78 Å². The largest absolute Gasteiger partial charge is 0.293 e. The maximum Gasteiger partial charge on any atom is 0.178 e. The summed E-state index contributed by atoms with van der Waals surface area (Å²) in [5, 5.41) is 0. The Hall–Kier alpha value is -1.62. The zero-order valence-electron chi connectivity index (χ0n) is 6.16. The highest BCUT2D eigenvalue weighted by Crippen LogP contribution is 1.99. The molecule has 0 saturated heterocycles. The highest BCUT2D eigenvalue weighted by atomic mass is 16.1. The molecule has 1 heterocycles. The molecule has 0 aromatic carbocycles. The molecule has 0 bridgehead atoms. The number of rotatable bonds is 1.